The van der Waals surface area contributed by atoms with Gasteiger partial charge in [-0.15, -0.1) is 0 Å². The summed E-state index contributed by atoms with van der Waals surface area (Å²) in [6.07, 6.45) is -4.54. The van der Waals surface area contributed by atoms with Gasteiger partial charge < -0.3 is 5.43 Å². The number of halogens is 4. The van der Waals surface area contributed by atoms with E-state index < -0.39 is 11.9 Å². The lowest BCUT2D eigenvalue weighted by molar-refractivity contribution is -0.140. The molecule has 7 heteroatoms. The maximum absolute atomic E-state index is 12.6. The largest absolute Gasteiger partial charge is 0.433 e. The number of alkyl halides is 3. The lowest BCUT2D eigenvalue weighted by Crippen LogP contribution is -2.12. The van der Waals surface area contributed by atoms with Crippen molar-refractivity contribution < 1.29 is 13.2 Å². The number of pyridine rings is 1. The topological polar surface area (TPSA) is 50.9 Å². The van der Waals surface area contributed by atoms with E-state index >= 15 is 0 Å². The van der Waals surface area contributed by atoms with Crippen molar-refractivity contribution in [3.8, 4) is 0 Å². The molecule has 0 spiro atoms. The monoisotopic (exact) mass is 261 g/mol. The van der Waals surface area contributed by atoms with Crippen LogP contribution in [0.4, 0.5) is 18.9 Å². The predicted molar refractivity (Wildman–Crippen MR) is 59.6 cm³/mol. The average molecular weight is 262 g/mol. The number of hydrogen-bond acceptors (Lipinski definition) is 3. The number of nitrogens with zero attached hydrogens (tertiary/aromatic N) is 1. The number of anilines is 1. The average Bonchev–Trinajstić information content (AvgIpc) is 2.27. The van der Waals surface area contributed by atoms with Crippen molar-refractivity contribution in [2.45, 2.75) is 6.18 Å². The number of hydrazine groups is 1. The summed E-state index contributed by atoms with van der Waals surface area (Å²) in [5, 5.41) is 0.582. The maximum atomic E-state index is 12.6. The normalized spacial score (nSPS) is 11.8. The summed E-state index contributed by atoms with van der Waals surface area (Å²) < 4.78 is 37.8. The van der Waals surface area contributed by atoms with Crippen molar-refractivity contribution >= 4 is 28.2 Å². The number of para-hydroxylation sites is 1. The Balaban J connectivity index is 2.81. The minimum atomic E-state index is -4.54. The van der Waals surface area contributed by atoms with Crippen LogP contribution < -0.4 is 11.3 Å². The van der Waals surface area contributed by atoms with Crippen LogP contribution in [0.1, 0.15) is 5.69 Å². The van der Waals surface area contributed by atoms with Crippen molar-refractivity contribution in [1.29, 1.82) is 0 Å². The molecule has 0 fully saturated rings. The second-order valence-electron chi connectivity index (χ2n) is 3.33. The molecular weight excluding hydrogens is 255 g/mol. The third kappa shape index (κ3) is 2.13. The van der Waals surface area contributed by atoms with E-state index in [1.54, 1.807) is 12.1 Å². The molecule has 0 atom stereocenters. The lowest BCUT2D eigenvalue weighted by atomic mass is 10.1. The molecule has 0 aliphatic carbocycles. The fourth-order valence-corrected chi connectivity index (χ4v) is 1.69. The van der Waals surface area contributed by atoms with Gasteiger partial charge in [0, 0.05) is 5.39 Å². The molecule has 1 heterocycles. The molecule has 0 amide bonds. The SMILES string of the molecule is NNc1cc(C(F)(F)F)nc2c(Cl)cccc12. The minimum Gasteiger partial charge on any atom is -0.323 e. The molecule has 3 N–H and O–H groups in total. The highest BCUT2D eigenvalue weighted by atomic mass is 35.5. The van der Waals surface area contributed by atoms with Crippen LogP contribution in [0.2, 0.25) is 5.02 Å². The maximum Gasteiger partial charge on any atom is 0.433 e. The summed E-state index contributed by atoms with van der Waals surface area (Å²) in [5.41, 5.74) is 1.37. The third-order valence-corrected chi connectivity index (χ3v) is 2.54. The van der Waals surface area contributed by atoms with Gasteiger partial charge in [0.15, 0.2) is 0 Å². The highest BCUT2D eigenvalue weighted by Crippen LogP contribution is 2.34. The number of nitrogens with two attached hydrogens (primary N) is 1. The van der Waals surface area contributed by atoms with E-state index in [9.17, 15) is 13.2 Å². The minimum absolute atomic E-state index is 0.0666. The summed E-state index contributed by atoms with van der Waals surface area (Å²) in [4.78, 5) is 3.50. The number of fused-ring (bicyclic) bond motifs is 1. The second-order valence-corrected chi connectivity index (χ2v) is 3.74. The highest BCUT2D eigenvalue weighted by molar-refractivity contribution is 6.35. The molecule has 1 aromatic heterocycles. The molecule has 0 radical (unpaired) electrons. The zero-order valence-electron chi connectivity index (χ0n) is 8.35. The van der Waals surface area contributed by atoms with Gasteiger partial charge in [-0.3, -0.25) is 5.84 Å². The molecule has 1 aromatic carbocycles. The van der Waals surface area contributed by atoms with Crippen molar-refractivity contribution in [1.82, 2.24) is 4.98 Å². The molecule has 2 rings (SSSR count). The Morgan fingerprint density at radius 2 is 2.00 bits per heavy atom. The van der Waals surface area contributed by atoms with E-state index in [1.807, 2.05) is 0 Å². The molecule has 90 valence electrons. The molecule has 0 saturated carbocycles. The van der Waals surface area contributed by atoms with Crippen molar-refractivity contribution in [2.75, 3.05) is 5.43 Å². The first kappa shape index (κ1) is 11.9. The van der Waals surface area contributed by atoms with Gasteiger partial charge in [-0.05, 0) is 12.1 Å². The molecule has 2 aromatic rings. The highest BCUT2D eigenvalue weighted by Gasteiger charge is 2.33. The molecule has 0 aliphatic rings. The Kier molecular flexibility index (Phi) is 2.84. The zero-order valence-corrected chi connectivity index (χ0v) is 9.10. The fourth-order valence-electron chi connectivity index (χ4n) is 1.48. The Labute approximate surface area is 99.4 Å². The van der Waals surface area contributed by atoms with Gasteiger partial charge in [-0.2, -0.15) is 13.2 Å². The summed E-state index contributed by atoms with van der Waals surface area (Å²) >= 11 is 5.81. The molecule has 0 saturated heterocycles. The van der Waals surface area contributed by atoms with Gasteiger partial charge >= 0.3 is 6.18 Å². The summed E-state index contributed by atoms with van der Waals surface area (Å²) in [6.45, 7) is 0. The molecule has 17 heavy (non-hydrogen) atoms. The number of hydrogen-bond donors (Lipinski definition) is 2. The molecule has 0 bridgehead atoms. The number of aromatic nitrogens is 1. The number of nitrogen functional groups attached to an aromatic ring is 1. The van der Waals surface area contributed by atoms with E-state index in [0.29, 0.717) is 5.39 Å². The lowest BCUT2D eigenvalue weighted by Gasteiger charge is -2.11. The van der Waals surface area contributed by atoms with E-state index in [2.05, 4.69) is 10.4 Å². The van der Waals surface area contributed by atoms with Gasteiger partial charge in [-0.25, -0.2) is 4.98 Å². The van der Waals surface area contributed by atoms with Crippen LogP contribution in [0.25, 0.3) is 10.9 Å². The summed E-state index contributed by atoms with van der Waals surface area (Å²) in [6, 6.07) is 5.51. The van der Waals surface area contributed by atoms with Crippen molar-refractivity contribution in [3.63, 3.8) is 0 Å². The fraction of sp³-hybridized carbons (Fsp3) is 0.100. The molecule has 0 unspecified atom stereocenters. The first-order valence-electron chi connectivity index (χ1n) is 4.56. The zero-order chi connectivity index (χ0) is 12.6. The Morgan fingerprint density at radius 3 is 2.59 bits per heavy atom. The smallest absolute Gasteiger partial charge is 0.323 e. The first-order chi connectivity index (χ1) is 7.93. The summed E-state index contributed by atoms with van der Waals surface area (Å²) in [5.74, 6) is 5.19. The Hall–Kier alpha value is -1.53. The molecule has 0 aliphatic heterocycles. The quantitative estimate of drug-likeness (QED) is 0.612. The van der Waals surface area contributed by atoms with Crippen molar-refractivity contribution in [3.05, 3.63) is 35.0 Å². The third-order valence-electron chi connectivity index (χ3n) is 2.24. The number of rotatable bonds is 1. The number of benzene rings is 1. The van der Waals surface area contributed by atoms with Gasteiger partial charge in [0.05, 0.1) is 16.2 Å². The first-order valence-corrected chi connectivity index (χ1v) is 4.94. The second kappa shape index (κ2) is 4.05. The molecule has 3 nitrogen and oxygen atoms in total. The van der Waals surface area contributed by atoms with Gasteiger partial charge in [0.1, 0.15) is 5.69 Å². The van der Waals surface area contributed by atoms with E-state index in [1.165, 1.54) is 6.07 Å². The van der Waals surface area contributed by atoms with E-state index in [0.717, 1.165) is 6.07 Å². The van der Waals surface area contributed by atoms with Crippen LogP contribution >= 0.6 is 11.6 Å². The van der Waals surface area contributed by atoms with Crippen LogP contribution in [0, 0.1) is 0 Å². The Morgan fingerprint density at radius 1 is 1.29 bits per heavy atom. The van der Waals surface area contributed by atoms with Gasteiger partial charge in [-0.1, -0.05) is 23.7 Å². The van der Waals surface area contributed by atoms with Gasteiger partial charge in [0.25, 0.3) is 0 Å². The van der Waals surface area contributed by atoms with Crippen LogP contribution in [-0.2, 0) is 6.18 Å². The molecular formula is C10H7ClF3N3. The van der Waals surface area contributed by atoms with Gasteiger partial charge in [0.2, 0.25) is 0 Å². The predicted octanol–water partition coefficient (Wildman–Crippen LogP) is 3.19. The van der Waals surface area contributed by atoms with E-state index in [4.69, 9.17) is 17.4 Å². The summed E-state index contributed by atoms with van der Waals surface area (Å²) in [7, 11) is 0. The van der Waals surface area contributed by atoms with Crippen LogP contribution in [0.5, 0.6) is 0 Å². The van der Waals surface area contributed by atoms with Crippen LogP contribution in [-0.4, -0.2) is 4.98 Å². The van der Waals surface area contributed by atoms with E-state index in [-0.39, 0.29) is 16.2 Å². The van der Waals surface area contributed by atoms with Crippen molar-refractivity contribution in [2.24, 2.45) is 5.84 Å². The Bertz CT molecular complexity index is 568. The van der Waals surface area contributed by atoms with Crippen LogP contribution in [0.3, 0.4) is 0 Å². The number of nitrogens with one attached hydrogen (secondary N) is 1. The standard InChI is InChI=1S/C10H7ClF3N3/c11-6-3-1-2-5-7(17-15)4-8(10(12,13)14)16-9(5)6/h1-4H,15H2,(H,16,17). The van der Waals surface area contributed by atoms with Crippen LogP contribution in [0.15, 0.2) is 24.3 Å².